The van der Waals surface area contributed by atoms with Crippen molar-refractivity contribution >= 4 is 10.9 Å². The summed E-state index contributed by atoms with van der Waals surface area (Å²) in [6.07, 6.45) is 3.46. The van der Waals surface area contributed by atoms with E-state index in [9.17, 15) is 15.5 Å². The third-order valence-corrected chi connectivity index (χ3v) is 6.16. The SMILES string of the molecule is [2H]C([2H])([2H])Oc1ccc2c(c1)c([C@H](O)[C@H]1C[C@@H]3CC[N@@+]1([O-])C[C@@H]3C=C)cc[n+]2[O-]. The summed E-state index contributed by atoms with van der Waals surface area (Å²) in [4.78, 5) is 0. The highest BCUT2D eigenvalue weighted by Gasteiger charge is 2.49. The van der Waals surface area contributed by atoms with Crippen LogP contribution in [0.25, 0.3) is 10.9 Å². The maximum absolute atomic E-state index is 13.5. The van der Waals surface area contributed by atoms with Crippen molar-refractivity contribution in [2.24, 2.45) is 11.8 Å². The Morgan fingerprint density at radius 2 is 2.35 bits per heavy atom. The number of methoxy groups -OCH3 is 1. The monoisotopic (exact) mass is 359 g/mol. The lowest BCUT2D eigenvalue weighted by Crippen LogP contribution is -2.65. The molecular formula is C20H24N2O4. The zero-order chi connectivity index (χ0) is 21.0. The molecule has 3 aliphatic rings. The van der Waals surface area contributed by atoms with E-state index in [1.165, 1.54) is 30.5 Å². The summed E-state index contributed by atoms with van der Waals surface area (Å²) in [6.45, 7) is 4.70. The molecule has 3 fully saturated rings. The first kappa shape index (κ1) is 14.0. The summed E-state index contributed by atoms with van der Waals surface area (Å²) in [7, 11) is -2.63. The third-order valence-electron chi connectivity index (χ3n) is 6.16. The van der Waals surface area contributed by atoms with Gasteiger partial charge in [-0.3, -0.25) is 0 Å². The Hall–Kier alpha value is -2.15. The molecule has 0 spiro atoms. The summed E-state index contributed by atoms with van der Waals surface area (Å²) in [5.74, 6) is 0.538. The molecule has 5 rings (SSSR count). The minimum atomic E-state index is -2.63. The average molecular weight is 359 g/mol. The normalized spacial score (nSPS) is 33.9. The average Bonchev–Trinajstić information content (AvgIpc) is 2.66. The van der Waals surface area contributed by atoms with Gasteiger partial charge in [-0.2, -0.15) is 4.73 Å². The van der Waals surface area contributed by atoms with Gasteiger partial charge in [-0.05, 0) is 18.1 Å². The van der Waals surface area contributed by atoms with Crippen LogP contribution in [-0.4, -0.2) is 35.9 Å². The highest BCUT2D eigenvalue weighted by Crippen LogP contribution is 2.46. The Balaban J connectivity index is 1.74. The molecule has 0 saturated carbocycles. The summed E-state index contributed by atoms with van der Waals surface area (Å²) >= 11 is 0. The van der Waals surface area contributed by atoms with Crippen molar-refractivity contribution in [1.29, 1.82) is 0 Å². The van der Waals surface area contributed by atoms with E-state index >= 15 is 0 Å². The molecule has 6 nitrogen and oxygen atoms in total. The number of pyridine rings is 1. The zero-order valence-corrected chi connectivity index (χ0v) is 14.4. The minimum Gasteiger partial charge on any atom is -0.632 e. The molecule has 2 bridgehead atoms. The van der Waals surface area contributed by atoms with Gasteiger partial charge in [-0.1, -0.05) is 6.08 Å². The molecule has 5 atom stereocenters. The molecule has 1 N–H and O–H groups in total. The van der Waals surface area contributed by atoms with E-state index in [1.54, 1.807) is 0 Å². The molecule has 26 heavy (non-hydrogen) atoms. The summed E-state index contributed by atoms with van der Waals surface area (Å²) < 4.78 is 27.0. The predicted octanol–water partition coefficient (Wildman–Crippen LogP) is 2.42. The van der Waals surface area contributed by atoms with Crippen molar-refractivity contribution in [3.63, 3.8) is 0 Å². The van der Waals surface area contributed by atoms with Gasteiger partial charge < -0.3 is 24.9 Å². The van der Waals surface area contributed by atoms with Crippen LogP contribution >= 0.6 is 0 Å². The number of nitrogens with zero attached hydrogens (tertiary/aromatic N) is 2. The van der Waals surface area contributed by atoms with Gasteiger partial charge >= 0.3 is 0 Å². The van der Waals surface area contributed by atoms with Crippen LogP contribution in [0.5, 0.6) is 5.75 Å². The van der Waals surface area contributed by atoms with E-state index in [2.05, 4.69) is 6.58 Å². The van der Waals surface area contributed by atoms with E-state index in [0.717, 1.165) is 6.42 Å². The molecule has 3 aliphatic heterocycles. The summed E-state index contributed by atoms with van der Waals surface area (Å²) in [6, 6.07) is 5.26. The number of piperidine rings is 3. The van der Waals surface area contributed by atoms with Gasteiger partial charge in [0.1, 0.15) is 17.9 Å². The standard InChI is InChI=1S/C20H24N2O4/c1-3-13-12-22(25)9-7-14(13)10-19(22)20(23)16-6-8-21(24)18-5-4-15(26-2)11-17(16)18/h3-6,8,11,13-14,19-20,23H,1,7,9-10,12H2,2H3/t13-,14-,19+,20-,22+/m0/s1/i2D3. The van der Waals surface area contributed by atoms with E-state index in [0.29, 0.717) is 41.1 Å². The number of fused-ring (bicyclic) bond motifs is 4. The fraction of sp³-hybridized carbons (Fsp3) is 0.450. The number of aliphatic hydroxyl groups is 1. The summed E-state index contributed by atoms with van der Waals surface area (Å²) in [5, 5.41) is 37.3. The van der Waals surface area contributed by atoms with Crippen LogP contribution in [0.3, 0.4) is 0 Å². The molecule has 1 aromatic heterocycles. The largest absolute Gasteiger partial charge is 0.632 e. The van der Waals surface area contributed by atoms with E-state index in [4.69, 9.17) is 8.85 Å². The van der Waals surface area contributed by atoms with Crippen LogP contribution in [0.2, 0.25) is 0 Å². The topological polar surface area (TPSA) is 79.5 Å². The molecule has 0 aliphatic carbocycles. The van der Waals surface area contributed by atoms with Crippen LogP contribution in [0.4, 0.5) is 0 Å². The number of aromatic nitrogens is 1. The fourth-order valence-electron chi connectivity index (χ4n) is 4.73. The van der Waals surface area contributed by atoms with Crippen LogP contribution < -0.4 is 9.47 Å². The summed E-state index contributed by atoms with van der Waals surface area (Å²) in [5.41, 5.74) is 0.709. The highest BCUT2D eigenvalue weighted by atomic mass is 16.6. The number of hydrogen-bond acceptors (Lipinski definition) is 4. The molecule has 0 radical (unpaired) electrons. The lowest BCUT2D eigenvalue weighted by molar-refractivity contribution is -0.929. The lowest BCUT2D eigenvalue weighted by atomic mass is 9.73. The second-order valence-electron chi connectivity index (χ2n) is 7.43. The molecule has 4 heterocycles. The van der Waals surface area contributed by atoms with E-state index in [-0.39, 0.29) is 17.2 Å². The van der Waals surface area contributed by atoms with Crippen LogP contribution in [0.1, 0.15) is 28.6 Å². The maximum Gasteiger partial charge on any atom is 0.224 e. The molecule has 2 aromatic rings. The molecule has 0 unspecified atom stereocenters. The van der Waals surface area contributed by atoms with Gasteiger partial charge in [-0.15, -0.1) is 6.58 Å². The maximum atomic E-state index is 13.5. The predicted molar refractivity (Wildman–Crippen MR) is 98.0 cm³/mol. The van der Waals surface area contributed by atoms with Crippen molar-refractivity contribution in [2.75, 3.05) is 20.1 Å². The molecule has 1 aromatic carbocycles. The van der Waals surface area contributed by atoms with Gasteiger partial charge in [0.05, 0.1) is 29.6 Å². The van der Waals surface area contributed by atoms with Crippen LogP contribution in [0, 0.1) is 22.3 Å². The van der Waals surface area contributed by atoms with Gasteiger partial charge in [0.15, 0.2) is 6.20 Å². The van der Waals surface area contributed by atoms with Crippen molar-refractivity contribution in [1.82, 2.24) is 0 Å². The number of hydroxylamine groups is 3. The first-order valence-corrected chi connectivity index (χ1v) is 8.84. The number of benzene rings is 1. The molecule has 6 heteroatoms. The highest BCUT2D eigenvalue weighted by molar-refractivity contribution is 5.81. The molecular weight excluding hydrogens is 332 g/mol. The van der Waals surface area contributed by atoms with E-state index < -0.39 is 23.8 Å². The minimum absolute atomic E-state index is 0.0698. The molecule has 0 amide bonds. The second kappa shape index (κ2) is 6.23. The lowest BCUT2D eigenvalue weighted by Gasteiger charge is -2.60. The second-order valence-corrected chi connectivity index (χ2v) is 7.43. The van der Waals surface area contributed by atoms with Gasteiger partial charge in [-0.25, -0.2) is 0 Å². The van der Waals surface area contributed by atoms with Crippen molar-refractivity contribution in [3.8, 4) is 5.75 Å². The Labute approximate surface area is 156 Å². The van der Waals surface area contributed by atoms with Crippen molar-refractivity contribution < 1.29 is 23.3 Å². The number of hydrogen-bond donors (Lipinski definition) is 1. The number of aliphatic hydroxyl groups excluding tert-OH is 1. The number of ether oxygens (including phenoxy) is 1. The van der Waals surface area contributed by atoms with Crippen LogP contribution in [0.15, 0.2) is 43.1 Å². The van der Waals surface area contributed by atoms with Crippen molar-refractivity contribution in [2.45, 2.75) is 25.0 Å². The zero-order valence-electron chi connectivity index (χ0n) is 17.4. The molecule has 3 saturated heterocycles. The third kappa shape index (κ3) is 2.57. The first-order valence-electron chi connectivity index (χ1n) is 10.3. The first-order chi connectivity index (χ1) is 13.6. The number of rotatable bonds is 4. The van der Waals surface area contributed by atoms with Crippen molar-refractivity contribution in [3.05, 3.63) is 59.1 Å². The fourth-order valence-corrected chi connectivity index (χ4v) is 4.73. The molecule has 138 valence electrons. The number of quaternary nitrogens is 1. The van der Waals surface area contributed by atoms with Gasteiger partial charge in [0, 0.05) is 36.5 Å². The quantitative estimate of drug-likeness (QED) is 0.393. The Morgan fingerprint density at radius 1 is 1.50 bits per heavy atom. The Kier molecular flexibility index (Phi) is 3.35. The Morgan fingerprint density at radius 3 is 3.08 bits per heavy atom. The van der Waals surface area contributed by atoms with Gasteiger partial charge in [0.25, 0.3) is 0 Å². The Bertz CT molecular complexity index is 951. The van der Waals surface area contributed by atoms with Gasteiger partial charge in [0.2, 0.25) is 5.52 Å². The van der Waals surface area contributed by atoms with E-state index in [1.807, 2.05) is 6.08 Å². The van der Waals surface area contributed by atoms with Crippen LogP contribution in [-0.2, 0) is 0 Å². The smallest absolute Gasteiger partial charge is 0.224 e.